The van der Waals surface area contributed by atoms with Gasteiger partial charge in [-0.2, -0.15) is 0 Å². The van der Waals surface area contributed by atoms with Crippen molar-refractivity contribution in [3.8, 4) is 0 Å². The summed E-state index contributed by atoms with van der Waals surface area (Å²) in [5.41, 5.74) is 2.12. The van der Waals surface area contributed by atoms with Crippen molar-refractivity contribution in [3.63, 3.8) is 0 Å². The average Bonchev–Trinajstić information content (AvgIpc) is 2.80. The number of rotatable bonds is 12. The van der Waals surface area contributed by atoms with Gasteiger partial charge < -0.3 is 10.0 Å². The monoisotopic (exact) mass is 439 g/mol. The topological polar surface area (TPSA) is 64.1 Å². The first-order valence-corrected chi connectivity index (χ1v) is 11.2. The van der Waals surface area contributed by atoms with Crippen molar-refractivity contribution in [2.45, 2.75) is 31.7 Å². The van der Waals surface area contributed by atoms with E-state index in [2.05, 4.69) is 23.0 Å². The average molecular weight is 440 g/mol. The van der Waals surface area contributed by atoms with Crippen LogP contribution in [0, 0.1) is 0 Å². The lowest BCUT2D eigenvalue weighted by molar-refractivity contribution is -0.137. The van der Waals surface area contributed by atoms with Crippen LogP contribution in [0.5, 0.6) is 0 Å². The molecule has 0 bridgehead atoms. The summed E-state index contributed by atoms with van der Waals surface area (Å²) in [4.78, 5) is 30.9. The molecule has 1 aromatic rings. The van der Waals surface area contributed by atoms with Gasteiger partial charge in [-0.15, -0.1) is 0 Å². The molecule has 6 heteroatoms. The molecule has 0 spiro atoms. The minimum absolute atomic E-state index is 0.104. The minimum Gasteiger partial charge on any atom is -0.481 e. The summed E-state index contributed by atoms with van der Waals surface area (Å²) in [6.45, 7) is 13.7. The molecule has 0 aliphatic carbocycles. The van der Waals surface area contributed by atoms with Gasteiger partial charge in [0.05, 0.1) is 12.0 Å². The number of anilines is 1. The van der Waals surface area contributed by atoms with Crippen molar-refractivity contribution in [2.75, 3.05) is 51.7 Å². The third kappa shape index (κ3) is 6.17. The minimum atomic E-state index is -0.756. The molecule has 0 aromatic heterocycles. The summed E-state index contributed by atoms with van der Waals surface area (Å²) in [5, 5.41) is 8.86. The highest BCUT2D eigenvalue weighted by Crippen LogP contribution is 2.31. The van der Waals surface area contributed by atoms with E-state index in [0.29, 0.717) is 24.9 Å². The number of carbonyl (C=O) groups is 2. The van der Waals surface area contributed by atoms with Crippen molar-refractivity contribution in [3.05, 3.63) is 66.8 Å². The highest BCUT2D eigenvalue weighted by atomic mass is 16.4. The molecule has 1 aromatic carbocycles. The molecule has 0 radical (unpaired) electrons. The molecule has 1 N–H and O–H groups in total. The summed E-state index contributed by atoms with van der Waals surface area (Å²) in [7, 11) is 3.91. The Kier molecular flexibility index (Phi) is 9.42. The van der Waals surface area contributed by atoms with Crippen molar-refractivity contribution in [1.29, 1.82) is 0 Å². The van der Waals surface area contributed by atoms with Crippen LogP contribution in [0.4, 0.5) is 5.69 Å². The Morgan fingerprint density at radius 1 is 1.12 bits per heavy atom. The van der Waals surface area contributed by atoms with Crippen molar-refractivity contribution < 1.29 is 14.7 Å². The lowest BCUT2D eigenvalue weighted by Crippen LogP contribution is -2.51. The number of piperazine rings is 1. The Hall–Kier alpha value is -2.70. The van der Waals surface area contributed by atoms with Gasteiger partial charge in [0.15, 0.2) is 5.78 Å². The number of hydrogen-bond acceptors (Lipinski definition) is 5. The Morgan fingerprint density at radius 3 is 2.22 bits per heavy atom. The van der Waals surface area contributed by atoms with Crippen LogP contribution >= 0.6 is 0 Å². The molecule has 1 aliphatic rings. The van der Waals surface area contributed by atoms with Crippen LogP contribution in [0.15, 0.2) is 61.2 Å². The second-order valence-corrected chi connectivity index (χ2v) is 8.49. The van der Waals surface area contributed by atoms with Crippen molar-refractivity contribution in [1.82, 2.24) is 9.80 Å². The molecule has 0 amide bonds. The number of Topliss-reactive ketones (excluding diaryl/α,β-unsaturated/α-hetero) is 1. The summed E-state index contributed by atoms with van der Waals surface area (Å²) in [6, 6.07) is 7.88. The lowest BCUT2D eigenvalue weighted by Gasteiger charge is -2.39. The largest absolute Gasteiger partial charge is 0.481 e. The molecule has 6 nitrogen and oxygen atoms in total. The fourth-order valence-corrected chi connectivity index (χ4v) is 4.31. The number of aliphatic carboxylic acids is 1. The first kappa shape index (κ1) is 25.6. The number of ketones is 1. The number of nitrogens with zero attached hydrogens (tertiary/aromatic N) is 3. The maximum absolute atomic E-state index is 13.7. The van der Waals surface area contributed by atoms with E-state index in [1.807, 2.05) is 56.3 Å². The molecular formula is C26H37N3O3. The highest BCUT2D eigenvalue weighted by molar-refractivity contribution is 6.03. The maximum atomic E-state index is 13.7. The van der Waals surface area contributed by atoms with Crippen molar-refractivity contribution >= 4 is 17.4 Å². The highest BCUT2D eigenvalue weighted by Gasteiger charge is 2.39. The fraction of sp³-hybridized carbons (Fsp3) is 0.462. The maximum Gasteiger partial charge on any atom is 0.304 e. The van der Waals surface area contributed by atoms with Crippen LogP contribution in [-0.2, 0) is 4.79 Å². The van der Waals surface area contributed by atoms with Crippen LogP contribution in [0.3, 0.4) is 0 Å². The summed E-state index contributed by atoms with van der Waals surface area (Å²) in [5.74, 6) is -0.652. The van der Waals surface area contributed by atoms with E-state index in [1.165, 1.54) is 0 Å². The van der Waals surface area contributed by atoms with Gasteiger partial charge in [-0.1, -0.05) is 38.3 Å². The van der Waals surface area contributed by atoms with Crippen LogP contribution in [0.2, 0.25) is 0 Å². The summed E-state index contributed by atoms with van der Waals surface area (Å²) in [6.07, 6.45) is 6.87. The van der Waals surface area contributed by atoms with Gasteiger partial charge in [-0.05, 0) is 56.8 Å². The molecule has 32 heavy (non-hydrogen) atoms. The Balaban J connectivity index is 2.14. The lowest BCUT2D eigenvalue weighted by atomic mass is 9.80. The zero-order valence-corrected chi connectivity index (χ0v) is 19.7. The van der Waals surface area contributed by atoms with E-state index in [-0.39, 0.29) is 12.2 Å². The SMILES string of the molecule is C=C/C=C(\C=C)CC(CC)(C(=O)c1ccc(N2CCN(CCC(=O)O)CC2)cc1)N(C)C. The summed E-state index contributed by atoms with van der Waals surface area (Å²) >= 11 is 0. The Bertz CT molecular complexity index is 836. The zero-order chi connectivity index (χ0) is 23.7. The first-order valence-electron chi connectivity index (χ1n) is 11.2. The smallest absolute Gasteiger partial charge is 0.304 e. The van der Waals surface area contributed by atoms with Crippen LogP contribution in [-0.4, -0.2) is 79.0 Å². The van der Waals surface area contributed by atoms with E-state index in [4.69, 9.17) is 5.11 Å². The van der Waals surface area contributed by atoms with Crippen LogP contribution in [0.25, 0.3) is 0 Å². The molecule has 174 valence electrons. The molecule has 1 saturated heterocycles. The number of carbonyl (C=O) groups excluding carboxylic acids is 1. The number of hydrogen-bond donors (Lipinski definition) is 1. The van der Waals surface area contributed by atoms with Crippen LogP contribution < -0.4 is 4.90 Å². The van der Waals surface area contributed by atoms with Gasteiger partial charge in [0, 0.05) is 44.0 Å². The predicted octanol–water partition coefficient (Wildman–Crippen LogP) is 3.86. The normalized spacial score (nSPS) is 17.1. The number of likely N-dealkylation sites (N-methyl/N-ethyl adjacent to an activating group) is 1. The standard InChI is InChI=1S/C26H37N3O3/c1-6-9-21(7-2)20-26(8-3,27(4)5)25(32)22-10-12-23(13-11-22)29-18-16-28(17-19-29)15-14-24(30)31/h6-7,9-13H,1-2,8,14-20H2,3-5H3,(H,30,31)/b21-9+. The number of benzene rings is 1. The molecular weight excluding hydrogens is 402 g/mol. The molecule has 1 heterocycles. The van der Waals surface area contributed by atoms with Gasteiger partial charge in [0.25, 0.3) is 0 Å². The van der Waals surface area contributed by atoms with Gasteiger partial charge in [0.1, 0.15) is 0 Å². The quantitative estimate of drug-likeness (QED) is 0.394. The van der Waals surface area contributed by atoms with Crippen LogP contribution in [0.1, 0.15) is 36.5 Å². The predicted molar refractivity (Wildman–Crippen MR) is 131 cm³/mol. The first-order chi connectivity index (χ1) is 15.3. The van der Waals surface area contributed by atoms with E-state index in [1.54, 1.807) is 12.2 Å². The molecule has 1 fully saturated rings. The van der Waals surface area contributed by atoms with Gasteiger partial charge in [-0.3, -0.25) is 19.4 Å². The number of carboxylic acid groups (broad SMARTS) is 1. The van der Waals surface area contributed by atoms with Gasteiger partial charge in [0.2, 0.25) is 0 Å². The molecule has 2 rings (SSSR count). The van der Waals surface area contributed by atoms with Gasteiger partial charge >= 0.3 is 5.97 Å². The number of carboxylic acids is 1. The Labute approximate surface area is 192 Å². The van der Waals surface area contributed by atoms with E-state index in [9.17, 15) is 9.59 Å². The zero-order valence-electron chi connectivity index (χ0n) is 19.7. The van der Waals surface area contributed by atoms with E-state index < -0.39 is 11.5 Å². The summed E-state index contributed by atoms with van der Waals surface area (Å²) < 4.78 is 0. The van der Waals surface area contributed by atoms with E-state index >= 15 is 0 Å². The Morgan fingerprint density at radius 2 is 1.75 bits per heavy atom. The number of allylic oxidation sites excluding steroid dienone is 3. The fourth-order valence-electron chi connectivity index (χ4n) is 4.31. The van der Waals surface area contributed by atoms with Gasteiger partial charge in [-0.25, -0.2) is 0 Å². The molecule has 1 unspecified atom stereocenters. The van der Waals surface area contributed by atoms with Crippen molar-refractivity contribution in [2.24, 2.45) is 0 Å². The molecule has 1 aliphatic heterocycles. The second-order valence-electron chi connectivity index (χ2n) is 8.49. The molecule has 1 atom stereocenters. The molecule has 0 saturated carbocycles. The second kappa shape index (κ2) is 11.8. The third-order valence-electron chi connectivity index (χ3n) is 6.46. The third-order valence-corrected chi connectivity index (χ3v) is 6.46. The van der Waals surface area contributed by atoms with E-state index in [0.717, 1.165) is 37.4 Å².